The van der Waals surface area contributed by atoms with Crippen LogP contribution in [0.5, 0.6) is 0 Å². The average molecular weight is 453 g/mol. The average Bonchev–Trinajstić information content (AvgIpc) is 2.65. The summed E-state index contributed by atoms with van der Waals surface area (Å²) in [7, 11) is -3.79. The molecule has 0 saturated heterocycles. The fourth-order valence-electron chi connectivity index (χ4n) is 2.94. The van der Waals surface area contributed by atoms with Gasteiger partial charge in [-0.3, -0.25) is 9.10 Å². The highest BCUT2D eigenvalue weighted by Gasteiger charge is 2.30. The van der Waals surface area contributed by atoms with Crippen LogP contribution in [0.25, 0.3) is 0 Å². The number of hydrogen-bond acceptors (Lipinski definition) is 5. The van der Waals surface area contributed by atoms with Crippen molar-refractivity contribution in [2.45, 2.75) is 33.7 Å². The molecule has 0 aromatic heterocycles. The van der Waals surface area contributed by atoms with Crippen LogP contribution in [0.15, 0.2) is 36.4 Å². The smallest absolute Gasteiger partial charge is 0.338 e. The highest BCUT2D eigenvalue weighted by molar-refractivity contribution is 7.92. The van der Waals surface area contributed by atoms with Crippen LogP contribution >= 0.6 is 11.6 Å². The standard InChI is InChI=1S/C21H25ClN2O5S/c1-6-29-21(26)16-9-7-13(2)18(11-16)23-20(25)15(4)24(30(5,27)28)19-12-17(22)10-8-14(19)3/h7-12,15H,6H2,1-5H3,(H,23,25). The van der Waals surface area contributed by atoms with Crippen molar-refractivity contribution in [3.8, 4) is 0 Å². The van der Waals surface area contributed by atoms with Crippen molar-refractivity contribution in [3.63, 3.8) is 0 Å². The summed E-state index contributed by atoms with van der Waals surface area (Å²) in [5.41, 5.74) is 2.38. The van der Waals surface area contributed by atoms with Gasteiger partial charge in [-0.2, -0.15) is 0 Å². The lowest BCUT2D eigenvalue weighted by molar-refractivity contribution is -0.116. The zero-order chi connectivity index (χ0) is 22.6. The SMILES string of the molecule is CCOC(=O)c1ccc(C)c(NC(=O)C(C)N(c2cc(Cl)ccc2C)S(C)(=O)=O)c1. The number of ether oxygens (including phenoxy) is 1. The molecule has 0 fully saturated rings. The van der Waals surface area contributed by atoms with Gasteiger partial charge in [-0.25, -0.2) is 13.2 Å². The number of sulfonamides is 1. The predicted octanol–water partition coefficient (Wildman–Crippen LogP) is 3.93. The molecule has 1 amide bonds. The normalized spacial score (nSPS) is 12.2. The molecule has 2 aromatic carbocycles. The molecule has 0 aliphatic carbocycles. The number of esters is 1. The van der Waals surface area contributed by atoms with Crippen molar-refractivity contribution in [3.05, 3.63) is 58.1 Å². The molecular formula is C21H25ClN2O5S. The summed E-state index contributed by atoms with van der Waals surface area (Å²) in [6.07, 6.45) is 1.03. The lowest BCUT2D eigenvalue weighted by atomic mass is 10.1. The van der Waals surface area contributed by atoms with E-state index in [1.54, 1.807) is 45.0 Å². The first-order valence-corrected chi connectivity index (χ1v) is 11.5. The van der Waals surface area contributed by atoms with Crippen LogP contribution in [0.4, 0.5) is 11.4 Å². The Bertz CT molecular complexity index is 1070. The van der Waals surface area contributed by atoms with Gasteiger partial charge in [0, 0.05) is 10.7 Å². The summed E-state index contributed by atoms with van der Waals surface area (Å²) < 4.78 is 31.1. The van der Waals surface area contributed by atoms with Gasteiger partial charge in [0.05, 0.1) is 24.1 Å². The van der Waals surface area contributed by atoms with E-state index < -0.39 is 27.9 Å². The molecule has 9 heteroatoms. The van der Waals surface area contributed by atoms with Crippen molar-refractivity contribution in [1.29, 1.82) is 0 Å². The largest absolute Gasteiger partial charge is 0.462 e. The fraction of sp³-hybridized carbons (Fsp3) is 0.333. The van der Waals surface area contributed by atoms with Gasteiger partial charge in [0.1, 0.15) is 6.04 Å². The Morgan fingerprint density at radius 2 is 1.77 bits per heavy atom. The van der Waals surface area contributed by atoms with Crippen LogP contribution in [-0.2, 0) is 19.6 Å². The van der Waals surface area contributed by atoms with Gasteiger partial charge in [-0.15, -0.1) is 0 Å². The Labute approximate surface area is 182 Å². The Kier molecular flexibility index (Phi) is 7.49. The number of nitrogens with one attached hydrogen (secondary N) is 1. The van der Waals surface area contributed by atoms with E-state index in [0.717, 1.165) is 10.6 Å². The van der Waals surface area contributed by atoms with Gasteiger partial charge in [0.15, 0.2) is 0 Å². The lowest BCUT2D eigenvalue weighted by Crippen LogP contribution is -2.45. The summed E-state index contributed by atoms with van der Waals surface area (Å²) in [5.74, 6) is -1.06. The molecule has 2 rings (SSSR count). The third-order valence-corrected chi connectivity index (χ3v) is 5.97. The number of carbonyl (C=O) groups is 2. The second kappa shape index (κ2) is 9.49. The van der Waals surface area contributed by atoms with E-state index >= 15 is 0 Å². The third-order valence-electron chi connectivity index (χ3n) is 4.50. The first-order valence-electron chi connectivity index (χ1n) is 9.30. The Morgan fingerprint density at radius 3 is 2.37 bits per heavy atom. The zero-order valence-corrected chi connectivity index (χ0v) is 19.1. The molecule has 0 bridgehead atoms. The Balaban J connectivity index is 2.38. The molecule has 1 unspecified atom stereocenters. The summed E-state index contributed by atoms with van der Waals surface area (Å²) in [6, 6.07) is 8.57. The molecule has 0 saturated carbocycles. The van der Waals surface area contributed by atoms with E-state index in [0.29, 0.717) is 27.5 Å². The first kappa shape index (κ1) is 23.7. The number of hydrogen-bond donors (Lipinski definition) is 1. The second-order valence-corrected chi connectivity index (χ2v) is 9.20. The van der Waals surface area contributed by atoms with Gasteiger partial charge in [-0.05, 0) is 63.1 Å². The Morgan fingerprint density at radius 1 is 1.13 bits per heavy atom. The van der Waals surface area contributed by atoms with Gasteiger partial charge < -0.3 is 10.1 Å². The van der Waals surface area contributed by atoms with E-state index in [9.17, 15) is 18.0 Å². The molecule has 1 N–H and O–H groups in total. The second-order valence-electron chi connectivity index (χ2n) is 6.91. The van der Waals surface area contributed by atoms with E-state index in [2.05, 4.69) is 5.32 Å². The summed E-state index contributed by atoms with van der Waals surface area (Å²) in [6.45, 7) is 6.93. The van der Waals surface area contributed by atoms with Gasteiger partial charge in [0.25, 0.3) is 0 Å². The van der Waals surface area contributed by atoms with Crippen LogP contribution < -0.4 is 9.62 Å². The van der Waals surface area contributed by atoms with Crippen molar-refractivity contribution in [2.75, 3.05) is 22.5 Å². The van der Waals surface area contributed by atoms with Crippen molar-refractivity contribution in [1.82, 2.24) is 0 Å². The quantitative estimate of drug-likeness (QED) is 0.642. The van der Waals surface area contributed by atoms with Crippen LogP contribution in [0.1, 0.15) is 35.3 Å². The molecule has 2 aromatic rings. The number of anilines is 2. The van der Waals surface area contributed by atoms with Gasteiger partial charge in [-0.1, -0.05) is 23.7 Å². The van der Waals surface area contributed by atoms with Gasteiger partial charge in [0.2, 0.25) is 15.9 Å². The van der Waals surface area contributed by atoms with Crippen LogP contribution in [-0.4, -0.2) is 39.2 Å². The summed E-state index contributed by atoms with van der Waals surface area (Å²) in [4.78, 5) is 24.9. The number of carbonyl (C=O) groups excluding carboxylic acids is 2. The van der Waals surface area contributed by atoms with Crippen molar-refractivity contribution in [2.24, 2.45) is 0 Å². The van der Waals surface area contributed by atoms with Crippen molar-refractivity contribution >= 4 is 44.9 Å². The van der Waals surface area contributed by atoms with Crippen LogP contribution in [0, 0.1) is 13.8 Å². The highest BCUT2D eigenvalue weighted by Crippen LogP contribution is 2.29. The zero-order valence-electron chi connectivity index (χ0n) is 17.5. The fourth-order valence-corrected chi connectivity index (χ4v) is 4.33. The number of aryl methyl sites for hydroxylation is 2. The number of nitrogens with zero attached hydrogens (tertiary/aromatic N) is 1. The number of halogens is 1. The summed E-state index contributed by atoms with van der Waals surface area (Å²) in [5, 5.41) is 3.07. The maximum absolute atomic E-state index is 13.0. The van der Waals surface area contributed by atoms with E-state index in [-0.39, 0.29) is 12.2 Å². The molecule has 7 nitrogen and oxygen atoms in total. The molecule has 162 valence electrons. The van der Waals surface area contributed by atoms with E-state index in [1.165, 1.54) is 19.1 Å². The third kappa shape index (κ3) is 5.52. The minimum atomic E-state index is -3.79. The van der Waals surface area contributed by atoms with E-state index in [4.69, 9.17) is 16.3 Å². The van der Waals surface area contributed by atoms with Crippen LogP contribution in [0.3, 0.4) is 0 Å². The number of amides is 1. The molecule has 0 aliphatic rings. The van der Waals surface area contributed by atoms with Gasteiger partial charge >= 0.3 is 5.97 Å². The molecule has 30 heavy (non-hydrogen) atoms. The molecule has 0 radical (unpaired) electrons. The molecule has 0 aliphatic heterocycles. The predicted molar refractivity (Wildman–Crippen MR) is 119 cm³/mol. The minimum Gasteiger partial charge on any atom is -0.462 e. The molecule has 0 heterocycles. The lowest BCUT2D eigenvalue weighted by Gasteiger charge is -2.29. The minimum absolute atomic E-state index is 0.230. The number of rotatable bonds is 7. The monoisotopic (exact) mass is 452 g/mol. The topological polar surface area (TPSA) is 92.8 Å². The molecule has 1 atom stereocenters. The highest BCUT2D eigenvalue weighted by atomic mass is 35.5. The maximum atomic E-state index is 13.0. The molecular weight excluding hydrogens is 428 g/mol. The molecule has 0 spiro atoms. The van der Waals surface area contributed by atoms with E-state index in [1.807, 2.05) is 0 Å². The summed E-state index contributed by atoms with van der Waals surface area (Å²) >= 11 is 6.05. The number of benzene rings is 2. The first-order chi connectivity index (χ1) is 14.0. The van der Waals surface area contributed by atoms with Crippen LogP contribution in [0.2, 0.25) is 5.02 Å². The Hall–Kier alpha value is -2.58. The maximum Gasteiger partial charge on any atom is 0.338 e. The van der Waals surface area contributed by atoms with Crippen molar-refractivity contribution < 1.29 is 22.7 Å².